The van der Waals surface area contributed by atoms with Crippen LogP contribution in [0.25, 0.3) is 0 Å². The fraction of sp³-hybridized carbons (Fsp3) is 0.600. The zero-order valence-corrected chi connectivity index (χ0v) is 14.7. The number of piperidine rings is 1. The lowest BCUT2D eigenvalue weighted by Gasteiger charge is -2.42. The molecule has 1 aromatic rings. The number of amides is 1. The highest BCUT2D eigenvalue weighted by Crippen LogP contribution is 2.46. The van der Waals surface area contributed by atoms with Gasteiger partial charge in [-0.2, -0.15) is 0 Å². The van der Waals surface area contributed by atoms with E-state index in [1.165, 1.54) is 12.8 Å². The molecule has 22 heavy (non-hydrogen) atoms. The largest absolute Gasteiger partial charge is 0.383 e. The molecule has 2 heterocycles. The molecule has 1 saturated heterocycles. The lowest BCUT2D eigenvalue weighted by Crippen LogP contribution is -2.47. The first-order chi connectivity index (χ1) is 10.4. The number of primary amides is 1. The smallest absolute Gasteiger partial charge is 0.252 e. The van der Waals surface area contributed by atoms with Crippen molar-refractivity contribution in [2.24, 2.45) is 16.9 Å². The summed E-state index contributed by atoms with van der Waals surface area (Å²) in [5.41, 5.74) is 18.5. The summed E-state index contributed by atoms with van der Waals surface area (Å²) in [4.78, 5) is 18.3. The number of anilines is 2. The number of nitrogen functional groups attached to an aromatic ring is 1. The third-order valence-corrected chi connectivity index (χ3v) is 6.15. The quantitative estimate of drug-likeness (QED) is 0.634. The van der Waals surface area contributed by atoms with Gasteiger partial charge in [-0.1, -0.05) is 6.42 Å². The van der Waals surface area contributed by atoms with Crippen LogP contribution >= 0.6 is 22.6 Å². The van der Waals surface area contributed by atoms with Gasteiger partial charge in [0.15, 0.2) is 0 Å². The minimum atomic E-state index is -0.460. The molecule has 1 saturated carbocycles. The summed E-state index contributed by atoms with van der Waals surface area (Å²) in [6.07, 6.45) is 5.65. The van der Waals surface area contributed by atoms with E-state index in [4.69, 9.17) is 17.2 Å². The first-order valence-electron chi connectivity index (χ1n) is 7.69. The van der Waals surface area contributed by atoms with E-state index >= 15 is 0 Å². The molecule has 1 aliphatic carbocycles. The number of pyridine rings is 1. The fourth-order valence-corrected chi connectivity index (χ4v) is 4.30. The Morgan fingerprint density at radius 1 is 1.36 bits per heavy atom. The highest BCUT2D eigenvalue weighted by Gasteiger charge is 2.43. The minimum Gasteiger partial charge on any atom is -0.383 e. The Kier molecular flexibility index (Phi) is 4.19. The van der Waals surface area contributed by atoms with E-state index in [2.05, 4.69) is 32.5 Å². The predicted molar refractivity (Wildman–Crippen MR) is 95.6 cm³/mol. The average molecular weight is 415 g/mol. The van der Waals surface area contributed by atoms with Crippen LogP contribution in [0.5, 0.6) is 0 Å². The molecule has 0 bridgehead atoms. The number of hydrogen-bond donors (Lipinski definition) is 3. The molecule has 7 heteroatoms. The molecule has 120 valence electrons. The highest BCUT2D eigenvalue weighted by molar-refractivity contribution is 14.1. The molecular formula is C15H22IN5O. The van der Waals surface area contributed by atoms with Crippen LogP contribution < -0.4 is 22.1 Å². The SMILES string of the molecule is NC(=O)c1cc(I)c(N)nc1N1CCC2(CCC[C@H]2N)CC1. The molecule has 1 aromatic heterocycles. The highest BCUT2D eigenvalue weighted by atomic mass is 127. The van der Waals surface area contributed by atoms with Crippen LogP contribution in [-0.2, 0) is 0 Å². The number of halogens is 1. The molecule has 1 spiro atoms. The fourth-order valence-electron chi connectivity index (χ4n) is 3.87. The second-order valence-electron chi connectivity index (χ2n) is 6.44. The zero-order chi connectivity index (χ0) is 15.9. The Morgan fingerprint density at radius 2 is 2.05 bits per heavy atom. The Hall–Kier alpha value is -1.09. The maximum absolute atomic E-state index is 11.7. The zero-order valence-electron chi connectivity index (χ0n) is 12.5. The van der Waals surface area contributed by atoms with Crippen molar-refractivity contribution < 1.29 is 4.79 Å². The molecule has 1 amide bonds. The number of carbonyl (C=O) groups excluding carboxylic acids is 1. The number of aromatic nitrogens is 1. The van der Waals surface area contributed by atoms with E-state index in [0.29, 0.717) is 23.2 Å². The van der Waals surface area contributed by atoms with Crippen LogP contribution in [-0.4, -0.2) is 30.0 Å². The molecule has 2 fully saturated rings. The van der Waals surface area contributed by atoms with Gasteiger partial charge in [0.2, 0.25) is 0 Å². The summed E-state index contributed by atoms with van der Waals surface area (Å²) in [5, 5.41) is 0. The number of nitrogens with two attached hydrogens (primary N) is 3. The van der Waals surface area contributed by atoms with Gasteiger partial charge in [0, 0.05) is 19.1 Å². The van der Waals surface area contributed by atoms with Crippen LogP contribution in [0.2, 0.25) is 0 Å². The summed E-state index contributed by atoms with van der Waals surface area (Å²) in [6, 6.07) is 2.03. The van der Waals surface area contributed by atoms with Crippen molar-refractivity contribution in [3.05, 3.63) is 15.2 Å². The van der Waals surface area contributed by atoms with E-state index in [-0.39, 0.29) is 5.41 Å². The molecule has 3 rings (SSSR count). The molecule has 2 aliphatic rings. The number of carbonyl (C=O) groups is 1. The number of hydrogen-bond acceptors (Lipinski definition) is 5. The van der Waals surface area contributed by atoms with Crippen molar-refractivity contribution in [1.82, 2.24) is 4.98 Å². The average Bonchev–Trinajstić information content (AvgIpc) is 2.83. The Balaban J connectivity index is 1.84. The predicted octanol–water partition coefficient (Wildman–Crippen LogP) is 1.47. The lowest BCUT2D eigenvalue weighted by molar-refractivity contribution is 0.1000. The third kappa shape index (κ3) is 2.64. The van der Waals surface area contributed by atoms with Crippen molar-refractivity contribution in [3.63, 3.8) is 0 Å². The summed E-state index contributed by atoms with van der Waals surface area (Å²) in [5.74, 6) is 0.601. The van der Waals surface area contributed by atoms with Gasteiger partial charge in [-0.3, -0.25) is 4.79 Å². The van der Waals surface area contributed by atoms with Gasteiger partial charge in [-0.15, -0.1) is 0 Å². The van der Waals surface area contributed by atoms with Crippen molar-refractivity contribution in [1.29, 1.82) is 0 Å². The second kappa shape index (κ2) is 5.84. The molecule has 0 aromatic carbocycles. The van der Waals surface area contributed by atoms with Crippen LogP contribution in [0.1, 0.15) is 42.5 Å². The molecule has 1 atom stereocenters. The van der Waals surface area contributed by atoms with Crippen LogP contribution in [0.4, 0.5) is 11.6 Å². The summed E-state index contributed by atoms with van der Waals surface area (Å²) in [7, 11) is 0. The van der Waals surface area contributed by atoms with Crippen molar-refractivity contribution in [3.8, 4) is 0 Å². The molecule has 0 radical (unpaired) electrons. The lowest BCUT2D eigenvalue weighted by atomic mass is 9.74. The normalized spacial score (nSPS) is 23.9. The van der Waals surface area contributed by atoms with Gasteiger partial charge in [-0.05, 0) is 59.8 Å². The minimum absolute atomic E-state index is 0.276. The number of rotatable bonds is 2. The van der Waals surface area contributed by atoms with Crippen LogP contribution in [0.15, 0.2) is 6.07 Å². The van der Waals surface area contributed by atoms with Gasteiger partial charge in [0.25, 0.3) is 5.91 Å². The van der Waals surface area contributed by atoms with Crippen LogP contribution in [0.3, 0.4) is 0 Å². The van der Waals surface area contributed by atoms with Crippen molar-refractivity contribution in [2.45, 2.75) is 38.1 Å². The molecule has 6 N–H and O–H groups in total. The maximum Gasteiger partial charge on any atom is 0.252 e. The summed E-state index contributed by atoms with van der Waals surface area (Å²) in [6.45, 7) is 1.70. The maximum atomic E-state index is 11.7. The monoisotopic (exact) mass is 415 g/mol. The van der Waals surface area contributed by atoms with E-state index in [0.717, 1.165) is 35.9 Å². The van der Waals surface area contributed by atoms with Crippen molar-refractivity contribution >= 4 is 40.1 Å². The van der Waals surface area contributed by atoms with Crippen molar-refractivity contribution in [2.75, 3.05) is 23.7 Å². The third-order valence-electron chi connectivity index (χ3n) is 5.28. The van der Waals surface area contributed by atoms with E-state index in [1.54, 1.807) is 6.07 Å². The molecule has 1 aliphatic heterocycles. The standard InChI is InChI=1S/C15H22IN5O/c16-10-8-9(13(19)22)14(20-12(10)18)21-6-4-15(5-7-21)3-1-2-11(15)17/h8,11H,1-7,17H2,(H2,18,20)(H2,19,22)/t11-/m1/s1. The first-order valence-corrected chi connectivity index (χ1v) is 8.77. The van der Waals surface area contributed by atoms with Gasteiger partial charge < -0.3 is 22.1 Å². The molecule has 0 unspecified atom stereocenters. The molecular weight excluding hydrogens is 393 g/mol. The van der Waals surface area contributed by atoms with Crippen LogP contribution in [0, 0.1) is 8.99 Å². The van der Waals surface area contributed by atoms with E-state index < -0.39 is 5.91 Å². The van der Waals surface area contributed by atoms with E-state index in [9.17, 15) is 4.79 Å². The first kappa shape index (κ1) is 15.8. The Labute approximate surface area is 143 Å². The Morgan fingerprint density at radius 3 is 2.59 bits per heavy atom. The van der Waals surface area contributed by atoms with E-state index in [1.807, 2.05) is 0 Å². The van der Waals surface area contributed by atoms with Gasteiger partial charge >= 0.3 is 0 Å². The summed E-state index contributed by atoms with van der Waals surface area (Å²) >= 11 is 2.07. The summed E-state index contributed by atoms with van der Waals surface area (Å²) < 4.78 is 0.751. The Bertz CT molecular complexity index is 598. The topological polar surface area (TPSA) is 111 Å². The second-order valence-corrected chi connectivity index (χ2v) is 7.60. The van der Waals surface area contributed by atoms with Gasteiger partial charge in [-0.25, -0.2) is 4.98 Å². The van der Waals surface area contributed by atoms with Gasteiger partial charge in [0.1, 0.15) is 11.6 Å². The number of nitrogens with zero attached hydrogens (tertiary/aromatic N) is 2. The van der Waals surface area contributed by atoms with Gasteiger partial charge in [0.05, 0.1) is 9.13 Å². The molecule has 6 nitrogen and oxygen atoms in total.